The molecule has 0 unspecified atom stereocenters. The highest BCUT2D eigenvalue weighted by Gasteiger charge is 2.43. The van der Waals surface area contributed by atoms with Crippen molar-refractivity contribution in [3.05, 3.63) is 0 Å². The molecule has 1 heterocycles. The molecule has 0 aliphatic carbocycles. The van der Waals surface area contributed by atoms with E-state index in [9.17, 15) is 44.4 Å². The smallest absolute Gasteiger partial charge is 0.317 e. The number of unbranched alkanes of at least 4 members (excludes halogenated alkanes) is 1. The van der Waals surface area contributed by atoms with Gasteiger partial charge in [-0.05, 0) is 12.8 Å². The highest BCUT2D eigenvalue weighted by Crippen LogP contribution is 2.28. The summed E-state index contributed by atoms with van der Waals surface area (Å²) in [4.78, 5) is 61.7. The Balaban J connectivity index is 3.32. The van der Waals surface area contributed by atoms with Crippen LogP contribution in [0.5, 0.6) is 0 Å². The molecule has 1 amide bonds. The molecule has 13 heteroatoms. The number of carbonyl (C=O) groups is 5. The van der Waals surface area contributed by atoms with E-state index in [0.717, 1.165) is 0 Å². The van der Waals surface area contributed by atoms with Gasteiger partial charge in [0.05, 0.1) is 26.2 Å². The van der Waals surface area contributed by atoms with Crippen LogP contribution in [-0.4, -0.2) is 130 Å². The molecular formula is C19H32N4O9. The van der Waals surface area contributed by atoms with Gasteiger partial charge in [-0.3, -0.25) is 38.7 Å². The third-order valence-corrected chi connectivity index (χ3v) is 5.38. The number of hydrogen-bond acceptors (Lipinski definition) is 8. The van der Waals surface area contributed by atoms with Gasteiger partial charge in [-0.1, -0.05) is 6.42 Å². The molecule has 0 aromatic heterocycles. The third kappa shape index (κ3) is 9.58. The van der Waals surface area contributed by atoms with E-state index in [1.165, 1.54) is 11.9 Å². The van der Waals surface area contributed by atoms with Crippen molar-refractivity contribution in [2.75, 3.05) is 59.4 Å². The van der Waals surface area contributed by atoms with Gasteiger partial charge in [0.15, 0.2) is 0 Å². The van der Waals surface area contributed by atoms with E-state index in [0.29, 0.717) is 12.8 Å². The van der Waals surface area contributed by atoms with Crippen molar-refractivity contribution >= 4 is 29.8 Å². The maximum Gasteiger partial charge on any atom is 0.317 e. The van der Waals surface area contributed by atoms with Gasteiger partial charge in [0.2, 0.25) is 5.91 Å². The standard InChI is InChI=1S/C19H32N4O9/c1-20-14(24)4-2-3-5-19(23(10-17(29)30)11-18(31)32)12-21(8-15(25)26)6-7-22(13-19)9-16(27)28/h2-13H2,1H3,(H,20,24)(H,25,26)(H,27,28)(H,29,30)(H,31,32). The van der Waals surface area contributed by atoms with Crippen LogP contribution in [0.3, 0.4) is 0 Å². The lowest BCUT2D eigenvalue weighted by Crippen LogP contribution is -2.62. The molecule has 0 saturated carbocycles. The van der Waals surface area contributed by atoms with Gasteiger partial charge in [0.1, 0.15) is 0 Å². The van der Waals surface area contributed by atoms with Crippen LogP contribution in [0, 0.1) is 0 Å². The maximum atomic E-state index is 11.5. The average Bonchev–Trinajstić information content (AvgIpc) is 2.83. The number of rotatable bonds is 14. The van der Waals surface area contributed by atoms with Gasteiger partial charge >= 0.3 is 23.9 Å². The van der Waals surface area contributed by atoms with Crippen LogP contribution in [0.2, 0.25) is 0 Å². The minimum absolute atomic E-state index is 0.0515. The second-order valence-corrected chi connectivity index (χ2v) is 7.96. The SMILES string of the molecule is CNC(=O)CCCCC1(N(CC(=O)O)CC(=O)O)CN(CC(=O)O)CCN(CC(=O)O)C1. The van der Waals surface area contributed by atoms with Crippen molar-refractivity contribution in [2.45, 2.75) is 31.2 Å². The Kier molecular flexibility index (Phi) is 11.0. The summed E-state index contributed by atoms with van der Waals surface area (Å²) < 4.78 is 0. The number of carbonyl (C=O) groups excluding carboxylic acids is 1. The van der Waals surface area contributed by atoms with Crippen molar-refractivity contribution < 1.29 is 44.4 Å². The first kappa shape index (κ1) is 27.3. The number of amides is 1. The molecule has 0 bridgehead atoms. The quantitative estimate of drug-likeness (QED) is 0.185. The molecule has 1 aliphatic heterocycles. The third-order valence-electron chi connectivity index (χ3n) is 5.38. The zero-order valence-electron chi connectivity index (χ0n) is 18.2. The fourth-order valence-electron chi connectivity index (χ4n) is 4.07. The van der Waals surface area contributed by atoms with Crippen molar-refractivity contribution in [3.63, 3.8) is 0 Å². The summed E-state index contributed by atoms with van der Waals surface area (Å²) in [5.41, 5.74) is -1.14. The zero-order chi connectivity index (χ0) is 24.3. The van der Waals surface area contributed by atoms with Crippen molar-refractivity contribution in [2.24, 2.45) is 0 Å². The van der Waals surface area contributed by atoms with Gasteiger partial charge in [-0.25, -0.2) is 0 Å². The lowest BCUT2D eigenvalue weighted by Gasteiger charge is -2.45. The van der Waals surface area contributed by atoms with Crippen LogP contribution < -0.4 is 5.32 Å². The molecule has 0 aromatic carbocycles. The minimum Gasteiger partial charge on any atom is -0.480 e. The summed E-state index contributed by atoms with van der Waals surface area (Å²) in [6.07, 6.45) is 1.37. The van der Waals surface area contributed by atoms with E-state index < -0.39 is 42.5 Å². The van der Waals surface area contributed by atoms with Crippen LogP contribution in [0.4, 0.5) is 0 Å². The van der Waals surface area contributed by atoms with Crippen LogP contribution in [0.15, 0.2) is 0 Å². The van der Waals surface area contributed by atoms with E-state index in [2.05, 4.69) is 5.32 Å². The van der Waals surface area contributed by atoms with Crippen LogP contribution in [-0.2, 0) is 24.0 Å². The maximum absolute atomic E-state index is 11.5. The molecule has 32 heavy (non-hydrogen) atoms. The predicted molar refractivity (Wildman–Crippen MR) is 110 cm³/mol. The first-order chi connectivity index (χ1) is 15.0. The first-order valence-electron chi connectivity index (χ1n) is 10.2. The van der Waals surface area contributed by atoms with Crippen molar-refractivity contribution in [3.8, 4) is 0 Å². The Morgan fingerprint density at radius 3 is 1.66 bits per heavy atom. The Hall–Kier alpha value is -2.77. The van der Waals surface area contributed by atoms with Crippen molar-refractivity contribution in [1.82, 2.24) is 20.0 Å². The van der Waals surface area contributed by atoms with Crippen LogP contribution >= 0.6 is 0 Å². The highest BCUT2D eigenvalue weighted by atomic mass is 16.4. The monoisotopic (exact) mass is 460 g/mol. The van der Waals surface area contributed by atoms with Gasteiger partial charge in [-0.15, -0.1) is 0 Å². The zero-order valence-corrected chi connectivity index (χ0v) is 18.2. The number of nitrogens with one attached hydrogen (secondary N) is 1. The van der Waals surface area contributed by atoms with E-state index in [1.807, 2.05) is 0 Å². The molecule has 5 N–H and O–H groups in total. The second-order valence-electron chi connectivity index (χ2n) is 7.96. The topological polar surface area (TPSA) is 188 Å². The largest absolute Gasteiger partial charge is 0.480 e. The number of hydrogen-bond donors (Lipinski definition) is 5. The van der Waals surface area contributed by atoms with Gasteiger partial charge in [0.25, 0.3) is 0 Å². The molecule has 182 valence electrons. The molecule has 0 aromatic rings. The Bertz CT molecular complexity index is 658. The summed E-state index contributed by atoms with van der Waals surface area (Å²) in [7, 11) is 1.50. The molecular weight excluding hydrogens is 428 g/mol. The molecule has 0 atom stereocenters. The van der Waals surface area contributed by atoms with Gasteiger partial charge in [-0.2, -0.15) is 0 Å². The Morgan fingerprint density at radius 2 is 1.28 bits per heavy atom. The van der Waals surface area contributed by atoms with E-state index in [4.69, 9.17) is 0 Å². The summed E-state index contributed by atoms with van der Waals surface area (Å²) >= 11 is 0. The Morgan fingerprint density at radius 1 is 0.812 bits per heavy atom. The second kappa shape index (κ2) is 12.9. The molecule has 1 fully saturated rings. The van der Waals surface area contributed by atoms with Gasteiger partial charge in [0, 0.05) is 45.2 Å². The minimum atomic E-state index is -1.25. The summed E-state index contributed by atoms with van der Waals surface area (Å²) in [5, 5.41) is 39.9. The molecule has 0 spiro atoms. The number of nitrogens with zero attached hydrogens (tertiary/aromatic N) is 3. The summed E-state index contributed by atoms with van der Waals surface area (Å²) in [5.74, 6) is -4.89. The number of carboxylic acid groups (broad SMARTS) is 4. The van der Waals surface area contributed by atoms with Crippen molar-refractivity contribution in [1.29, 1.82) is 0 Å². The lowest BCUT2D eigenvalue weighted by atomic mass is 9.88. The molecule has 13 nitrogen and oxygen atoms in total. The molecule has 1 rings (SSSR count). The molecule has 0 radical (unpaired) electrons. The summed E-state index contributed by atoms with van der Waals surface area (Å²) in [6, 6.07) is 0. The average molecular weight is 460 g/mol. The highest BCUT2D eigenvalue weighted by molar-refractivity contribution is 5.75. The Labute approximate surface area is 185 Å². The molecule has 1 saturated heterocycles. The van der Waals surface area contributed by atoms with E-state index in [1.54, 1.807) is 9.80 Å². The van der Waals surface area contributed by atoms with E-state index >= 15 is 0 Å². The normalized spacial score (nSPS) is 16.9. The predicted octanol–water partition coefficient (Wildman–Crippen LogP) is -1.71. The fraction of sp³-hybridized carbons (Fsp3) is 0.737. The van der Waals surface area contributed by atoms with Gasteiger partial charge < -0.3 is 25.7 Å². The van der Waals surface area contributed by atoms with Crippen LogP contribution in [0.25, 0.3) is 0 Å². The first-order valence-corrected chi connectivity index (χ1v) is 10.2. The fourth-order valence-corrected chi connectivity index (χ4v) is 4.07. The number of aliphatic carboxylic acids is 4. The number of carboxylic acids is 4. The lowest BCUT2D eigenvalue weighted by molar-refractivity contribution is -0.148. The molecule has 1 aliphatic rings. The van der Waals surface area contributed by atoms with Crippen LogP contribution in [0.1, 0.15) is 25.7 Å². The summed E-state index contributed by atoms with van der Waals surface area (Å²) in [6.45, 7) is -1.36. The van der Waals surface area contributed by atoms with E-state index in [-0.39, 0.29) is 58.0 Å².